The molecule has 1 unspecified atom stereocenters. The number of rotatable bonds is 5. The number of halogens is 2. The Morgan fingerprint density at radius 1 is 1.21 bits per heavy atom. The molecule has 2 N–H and O–H groups in total. The number of likely N-dealkylation sites (tertiary alicyclic amines) is 1. The molecule has 0 aliphatic carbocycles. The lowest BCUT2D eigenvalue weighted by Crippen LogP contribution is -2.52. The molecule has 1 fully saturated rings. The fourth-order valence-corrected chi connectivity index (χ4v) is 5.65. The van der Waals surface area contributed by atoms with Crippen LogP contribution < -0.4 is 5.32 Å². The zero-order valence-electron chi connectivity index (χ0n) is 21.2. The highest BCUT2D eigenvalue weighted by molar-refractivity contribution is 6.07. The number of carbonyl (C=O) groups excluding carboxylic acids is 3. The Labute approximate surface area is 218 Å². The number of benzene rings is 2. The molecule has 3 aromatic rings. The molecule has 10 heteroatoms. The lowest BCUT2D eigenvalue weighted by atomic mass is 9.80. The molecule has 1 saturated heterocycles. The summed E-state index contributed by atoms with van der Waals surface area (Å²) in [6.07, 6.45) is 0.430. The largest absolute Gasteiger partial charge is 0.348 e. The second-order valence-corrected chi connectivity index (χ2v) is 10.5. The van der Waals surface area contributed by atoms with Gasteiger partial charge in [-0.1, -0.05) is 32.0 Å². The number of amides is 3. The van der Waals surface area contributed by atoms with Gasteiger partial charge in [0.1, 0.15) is 29.4 Å². The average molecular weight is 520 g/mol. The summed E-state index contributed by atoms with van der Waals surface area (Å²) in [5, 5.41) is 12.8. The van der Waals surface area contributed by atoms with Crippen molar-refractivity contribution >= 4 is 34.3 Å². The fourth-order valence-electron chi connectivity index (χ4n) is 5.65. The number of aromatic amines is 1. The summed E-state index contributed by atoms with van der Waals surface area (Å²) in [4.78, 5) is 45.8. The minimum absolute atomic E-state index is 0.00408. The van der Waals surface area contributed by atoms with Gasteiger partial charge in [-0.05, 0) is 42.2 Å². The van der Waals surface area contributed by atoms with E-state index in [2.05, 4.69) is 16.4 Å². The van der Waals surface area contributed by atoms with E-state index in [4.69, 9.17) is 0 Å². The van der Waals surface area contributed by atoms with E-state index in [9.17, 15) is 28.4 Å². The lowest BCUT2D eigenvalue weighted by molar-refractivity contribution is -0.136. The molecule has 0 saturated carbocycles. The number of H-pyrrole nitrogens is 1. The Hall–Kier alpha value is -4.26. The first-order valence-electron chi connectivity index (χ1n) is 12.4. The Kier molecular flexibility index (Phi) is 6.18. The molecule has 196 valence electrons. The third kappa shape index (κ3) is 3.90. The van der Waals surface area contributed by atoms with Crippen LogP contribution in [0.2, 0.25) is 0 Å². The Bertz CT molecular complexity index is 1470. The third-order valence-electron chi connectivity index (χ3n) is 7.60. The normalized spacial score (nSPS) is 21.0. The second-order valence-electron chi connectivity index (χ2n) is 10.5. The summed E-state index contributed by atoms with van der Waals surface area (Å²) in [7, 11) is 1.45. The molecule has 0 bridgehead atoms. The van der Waals surface area contributed by atoms with Crippen LogP contribution in [0.4, 0.5) is 14.5 Å². The number of nitriles is 1. The summed E-state index contributed by atoms with van der Waals surface area (Å²) in [6.45, 7) is 3.81. The van der Waals surface area contributed by atoms with E-state index in [0.29, 0.717) is 5.69 Å². The van der Waals surface area contributed by atoms with Crippen molar-refractivity contribution in [1.82, 2.24) is 14.8 Å². The number of aromatic nitrogens is 1. The number of fused-ring (bicyclic) bond motifs is 3. The van der Waals surface area contributed by atoms with Crippen molar-refractivity contribution in [2.75, 3.05) is 18.9 Å². The topological polar surface area (TPSA) is 109 Å². The van der Waals surface area contributed by atoms with Gasteiger partial charge >= 0.3 is 0 Å². The third-order valence-corrected chi connectivity index (χ3v) is 7.60. The summed E-state index contributed by atoms with van der Waals surface area (Å²) < 4.78 is 28.5. The first kappa shape index (κ1) is 25.4. The first-order chi connectivity index (χ1) is 18.1. The minimum Gasteiger partial charge on any atom is -0.348 e. The lowest BCUT2D eigenvalue weighted by Gasteiger charge is -2.33. The van der Waals surface area contributed by atoms with E-state index < -0.39 is 40.9 Å². The van der Waals surface area contributed by atoms with Gasteiger partial charge in [0, 0.05) is 31.1 Å². The average Bonchev–Trinajstić information content (AvgIpc) is 3.59. The first-order valence-corrected chi connectivity index (χ1v) is 12.4. The second kappa shape index (κ2) is 9.24. The zero-order valence-corrected chi connectivity index (χ0v) is 21.2. The smallest absolute Gasteiger partial charge is 0.270 e. The summed E-state index contributed by atoms with van der Waals surface area (Å²) in [5.41, 5.74) is 0.154. The number of carbonyl (C=O) groups is 3. The SMILES string of the molecule is CC(C)C[C@@H](C(=O)N1C[C@]2(CC1C#N)C(=O)Nc1ccccc12)N(C)C(=O)c1cc2c(F)ccc(F)c2[nH]1. The van der Waals surface area contributed by atoms with Gasteiger partial charge < -0.3 is 20.1 Å². The minimum atomic E-state index is -1.05. The van der Waals surface area contributed by atoms with Crippen molar-refractivity contribution in [2.45, 2.75) is 44.2 Å². The highest BCUT2D eigenvalue weighted by Crippen LogP contribution is 2.46. The van der Waals surface area contributed by atoms with Crippen molar-refractivity contribution < 1.29 is 23.2 Å². The van der Waals surface area contributed by atoms with Crippen LogP contribution in [0.5, 0.6) is 0 Å². The highest BCUT2D eigenvalue weighted by Gasteiger charge is 2.56. The van der Waals surface area contributed by atoms with Crippen molar-refractivity contribution in [1.29, 1.82) is 5.26 Å². The van der Waals surface area contributed by atoms with E-state index in [1.807, 2.05) is 26.0 Å². The van der Waals surface area contributed by atoms with Gasteiger partial charge in [0.25, 0.3) is 5.91 Å². The molecular weight excluding hydrogens is 492 g/mol. The number of likely N-dealkylation sites (N-methyl/N-ethyl adjacent to an activating group) is 1. The van der Waals surface area contributed by atoms with Gasteiger partial charge in [0.05, 0.1) is 17.0 Å². The van der Waals surface area contributed by atoms with E-state index in [-0.39, 0.29) is 47.8 Å². The molecule has 8 nitrogen and oxygen atoms in total. The number of anilines is 1. The molecule has 3 atom stereocenters. The van der Waals surface area contributed by atoms with Gasteiger partial charge in [-0.15, -0.1) is 0 Å². The standard InChI is InChI=1S/C28H27F2N5O3/c1-15(2)10-23(34(3)25(36)22-11-17-19(29)8-9-20(30)24(17)32-22)26(37)35-14-28(12-16(35)13-31)18-6-4-5-7-21(18)33-27(28)38/h4-9,11,15-16,23,32H,10,12,14H2,1-3H3,(H,33,38)/t16?,23-,28-/m0/s1. The summed E-state index contributed by atoms with van der Waals surface area (Å²) in [6, 6.07) is 10.7. The van der Waals surface area contributed by atoms with Crippen LogP contribution in [0, 0.1) is 28.9 Å². The van der Waals surface area contributed by atoms with Crippen LogP contribution in [0.25, 0.3) is 10.9 Å². The monoisotopic (exact) mass is 519 g/mol. The molecule has 1 spiro atoms. The van der Waals surface area contributed by atoms with Crippen LogP contribution in [0.15, 0.2) is 42.5 Å². The Morgan fingerprint density at radius 3 is 2.61 bits per heavy atom. The van der Waals surface area contributed by atoms with E-state index in [1.54, 1.807) is 12.1 Å². The quantitative estimate of drug-likeness (QED) is 0.532. The van der Waals surface area contributed by atoms with Crippen molar-refractivity contribution in [3.8, 4) is 6.07 Å². The van der Waals surface area contributed by atoms with Crippen LogP contribution in [-0.2, 0) is 15.0 Å². The highest BCUT2D eigenvalue weighted by atomic mass is 19.1. The van der Waals surface area contributed by atoms with E-state index in [1.165, 1.54) is 22.9 Å². The predicted octanol–water partition coefficient (Wildman–Crippen LogP) is 3.95. The van der Waals surface area contributed by atoms with Gasteiger partial charge in [-0.25, -0.2) is 8.78 Å². The molecule has 5 rings (SSSR count). The molecule has 38 heavy (non-hydrogen) atoms. The van der Waals surface area contributed by atoms with Gasteiger partial charge in [0.2, 0.25) is 11.8 Å². The van der Waals surface area contributed by atoms with Crippen molar-refractivity contribution in [3.63, 3.8) is 0 Å². The molecule has 2 aromatic carbocycles. The Balaban J connectivity index is 1.47. The molecule has 1 aromatic heterocycles. The number of nitrogens with one attached hydrogen (secondary N) is 2. The van der Waals surface area contributed by atoms with Crippen LogP contribution in [0.3, 0.4) is 0 Å². The molecule has 2 aliphatic rings. The maximum atomic E-state index is 14.2. The summed E-state index contributed by atoms with van der Waals surface area (Å²) >= 11 is 0. The van der Waals surface area contributed by atoms with Crippen molar-refractivity contribution in [3.05, 3.63) is 65.4 Å². The molecular formula is C28H27F2N5O3. The maximum absolute atomic E-state index is 14.2. The van der Waals surface area contributed by atoms with Crippen LogP contribution in [-0.4, -0.2) is 58.2 Å². The predicted molar refractivity (Wildman–Crippen MR) is 136 cm³/mol. The number of hydrogen-bond donors (Lipinski definition) is 2. The van der Waals surface area contributed by atoms with E-state index in [0.717, 1.165) is 17.7 Å². The van der Waals surface area contributed by atoms with Crippen LogP contribution >= 0.6 is 0 Å². The maximum Gasteiger partial charge on any atom is 0.270 e. The van der Waals surface area contributed by atoms with Crippen molar-refractivity contribution in [2.24, 2.45) is 5.92 Å². The fraction of sp³-hybridized carbons (Fsp3) is 0.357. The van der Waals surface area contributed by atoms with Gasteiger partial charge in [0.15, 0.2) is 0 Å². The zero-order chi connectivity index (χ0) is 27.4. The molecule has 0 radical (unpaired) electrons. The van der Waals surface area contributed by atoms with E-state index >= 15 is 0 Å². The summed E-state index contributed by atoms with van der Waals surface area (Å²) in [5.74, 6) is -2.71. The van der Waals surface area contributed by atoms with Gasteiger partial charge in [-0.2, -0.15) is 5.26 Å². The number of nitrogens with zero attached hydrogens (tertiary/aromatic N) is 3. The number of para-hydroxylation sites is 1. The molecule has 3 heterocycles. The number of hydrogen-bond acceptors (Lipinski definition) is 4. The molecule has 3 amide bonds. The molecule has 2 aliphatic heterocycles. The van der Waals surface area contributed by atoms with Crippen LogP contribution in [0.1, 0.15) is 42.7 Å². The Morgan fingerprint density at radius 2 is 1.92 bits per heavy atom. The van der Waals surface area contributed by atoms with Gasteiger partial charge in [-0.3, -0.25) is 14.4 Å².